The summed E-state index contributed by atoms with van der Waals surface area (Å²) in [5, 5.41) is 0. The Morgan fingerprint density at radius 2 is 2.26 bits per heavy atom. The Hall–Kier alpha value is -1.49. The maximum absolute atomic E-state index is 12.2. The van der Waals surface area contributed by atoms with Gasteiger partial charge in [0.1, 0.15) is 12.8 Å². The van der Waals surface area contributed by atoms with E-state index < -0.39 is 19.3 Å². The Labute approximate surface area is 111 Å². The molecule has 0 aromatic heterocycles. The number of alkyl halides is 2. The first-order valence-electron chi connectivity index (χ1n) is 6.28. The molecular weight excluding hydrogens is 252 g/mol. The summed E-state index contributed by atoms with van der Waals surface area (Å²) in [6, 6.07) is 5.78. The summed E-state index contributed by atoms with van der Waals surface area (Å²) < 4.78 is 29.6. The van der Waals surface area contributed by atoms with Crippen LogP contribution >= 0.6 is 0 Å². The monoisotopic (exact) mass is 269 g/mol. The van der Waals surface area contributed by atoms with Crippen LogP contribution in [0.25, 0.3) is 0 Å². The van der Waals surface area contributed by atoms with Gasteiger partial charge in [-0.25, -0.2) is 8.78 Å². The van der Waals surface area contributed by atoms with E-state index in [4.69, 9.17) is 4.74 Å². The SMILES string of the molecule is CC(=O)N1c2ccc(C)cc2CCC1OCC(F)F. The van der Waals surface area contributed by atoms with Gasteiger partial charge < -0.3 is 4.74 Å². The Morgan fingerprint density at radius 1 is 1.53 bits per heavy atom. The first-order valence-corrected chi connectivity index (χ1v) is 6.28. The number of aryl methyl sites for hydroxylation is 2. The van der Waals surface area contributed by atoms with Gasteiger partial charge in [0.2, 0.25) is 5.91 Å². The molecule has 1 atom stereocenters. The molecule has 0 saturated carbocycles. The average Bonchev–Trinajstić information content (AvgIpc) is 2.34. The lowest BCUT2D eigenvalue weighted by molar-refractivity contribution is -0.120. The molecular formula is C14H17F2NO2. The molecule has 0 aliphatic carbocycles. The fourth-order valence-corrected chi connectivity index (χ4v) is 2.43. The first-order chi connectivity index (χ1) is 8.99. The fourth-order valence-electron chi connectivity index (χ4n) is 2.43. The molecule has 1 amide bonds. The number of amides is 1. The van der Waals surface area contributed by atoms with Gasteiger partial charge in [0.15, 0.2) is 0 Å². The van der Waals surface area contributed by atoms with Gasteiger partial charge in [0, 0.05) is 12.6 Å². The maximum atomic E-state index is 12.2. The van der Waals surface area contributed by atoms with E-state index in [1.165, 1.54) is 11.8 Å². The number of hydrogen-bond acceptors (Lipinski definition) is 2. The second kappa shape index (κ2) is 5.65. The van der Waals surface area contributed by atoms with Crippen molar-refractivity contribution in [1.82, 2.24) is 0 Å². The van der Waals surface area contributed by atoms with Crippen LogP contribution in [0.15, 0.2) is 18.2 Å². The number of benzene rings is 1. The van der Waals surface area contributed by atoms with Crippen molar-refractivity contribution in [3.63, 3.8) is 0 Å². The molecule has 19 heavy (non-hydrogen) atoms. The van der Waals surface area contributed by atoms with E-state index in [0.717, 1.165) is 23.2 Å². The molecule has 1 unspecified atom stereocenters. The minimum absolute atomic E-state index is 0.191. The highest BCUT2D eigenvalue weighted by molar-refractivity contribution is 5.93. The van der Waals surface area contributed by atoms with E-state index in [1.54, 1.807) is 0 Å². The highest BCUT2D eigenvalue weighted by Crippen LogP contribution is 2.32. The second-order valence-electron chi connectivity index (χ2n) is 4.74. The summed E-state index contributed by atoms with van der Waals surface area (Å²) in [6.45, 7) is 2.76. The zero-order valence-corrected chi connectivity index (χ0v) is 11.0. The van der Waals surface area contributed by atoms with E-state index >= 15 is 0 Å². The van der Waals surface area contributed by atoms with E-state index in [0.29, 0.717) is 6.42 Å². The molecule has 0 bridgehead atoms. The van der Waals surface area contributed by atoms with Crippen molar-refractivity contribution in [1.29, 1.82) is 0 Å². The minimum Gasteiger partial charge on any atom is -0.352 e. The number of anilines is 1. The Kier molecular flexibility index (Phi) is 4.14. The van der Waals surface area contributed by atoms with Crippen LogP contribution in [0, 0.1) is 6.92 Å². The van der Waals surface area contributed by atoms with Crippen molar-refractivity contribution in [2.24, 2.45) is 0 Å². The topological polar surface area (TPSA) is 29.5 Å². The number of fused-ring (bicyclic) bond motifs is 1. The second-order valence-corrected chi connectivity index (χ2v) is 4.74. The van der Waals surface area contributed by atoms with Crippen LogP contribution in [0.1, 0.15) is 24.5 Å². The fraction of sp³-hybridized carbons (Fsp3) is 0.500. The summed E-state index contributed by atoms with van der Waals surface area (Å²) in [6.07, 6.45) is -1.84. The van der Waals surface area contributed by atoms with Gasteiger partial charge in [-0.2, -0.15) is 0 Å². The van der Waals surface area contributed by atoms with Crippen LogP contribution < -0.4 is 4.90 Å². The van der Waals surface area contributed by atoms with Gasteiger partial charge in [-0.3, -0.25) is 9.69 Å². The first kappa shape index (κ1) is 13.9. The number of hydrogen-bond donors (Lipinski definition) is 0. The van der Waals surface area contributed by atoms with E-state index in [2.05, 4.69) is 0 Å². The molecule has 5 heteroatoms. The van der Waals surface area contributed by atoms with Crippen molar-refractivity contribution in [2.75, 3.05) is 11.5 Å². The van der Waals surface area contributed by atoms with Crippen molar-refractivity contribution in [2.45, 2.75) is 39.3 Å². The van der Waals surface area contributed by atoms with Crippen LogP contribution in [0.5, 0.6) is 0 Å². The van der Waals surface area contributed by atoms with Gasteiger partial charge in [0.05, 0.1) is 0 Å². The summed E-state index contributed by atoms with van der Waals surface area (Å²) >= 11 is 0. The predicted octanol–water partition coefficient (Wildman–Crippen LogP) is 2.90. The molecule has 1 aromatic carbocycles. The number of halogens is 2. The third-order valence-corrected chi connectivity index (χ3v) is 3.20. The summed E-state index contributed by atoms with van der Waals surface area (Å²) in [5.74, 6) is -0.191. The van der Waals surface area contributed by atoms with Crippen LogP contribution in [-0.4, -0.2) is 25.2 Å². The highest BCUT2D eigenvalue weighted by Gasteiger charge is 2.30. The quantitative estimate of drug-likeness (QED) is 0.844. The Balaban J connectivity index is 2.25. The number of nitrogens with zero attached hydrogens (tertiary/aromatic N) is 1. The summed E-state index contributed by atoms with van der Waals surface area (Å²) in [4.78, 5) is 13.2. The summed E-state index contributed by atoms with van der Waals surface area (Å²) in [5.41, 5.74) is 2.95. The van der Waals surface area contributed by atoms with Crippen LogP contribution in [-0.2, 0) is 16.0 Å². The number of ether oxygens (including phenoxy) is 1. The molecule has 0 N–H and O–H groups in total. The normalized spacial score (nSPS) is 18.6. The largest absolute Gasteiger partial charge is 0.352 e. The van der Waals surface area contributed by atoms with Gasteiger partial charge in [-0.1, -0.05) is 17.7 Å². The molecule has 1 aliphatic rings. The lowest BCUT2D eigenvalue weighted by atomic mass is 9.98. The van der Waals surface area contributed by atoms with Crippen molar-refractivity contribution in [3.8, 4) is 0 Å². The lowest BCUT2D eigenvalue weighted by Crippen LogP contribution is -2.44. The maximum Gasteiger partial charge on any atom is 0.261 e. The molecule has 0 radical (unpaired) electrons. The van der Waals surface area contributed by atoms with Gasteiger partial charge in [0.25, 0.3) is 6.43 Å². The average molecular weight is 269 g/mol. The van der Waals surface area contributed by atoms with Crippen molar-refractivity contribution < 1.29 is 18.3 Å². The molecule has 0 spiro atoms. The Bertz CT molecular complexity index is 477. The third kappa shape index (κ3) is 3.10. The van der Waals surface area contributed by atoms with Gasteiger partial charge >= 0.3 is 0 Å². The van der Waals surface area contributed by atoms with Gasteiger partial charge in [-0.05, 0) is 31.4 Å². The minimum atomic E-state index is -2.52. The molecule has 1 aromatic rings. The summed E-state index contributed by atoms with van der Waals surface area (Å²) in [7, 11) is 0. The third-order valence-electron chi connectivity index (χ3n) is 3.20. The Morgan fingerprint density at radius 3 is 2.89 bits per heavy atom. The highest BCUT2D eigenvalue weighted by atomic mass is 19.3. The van der Waals surface area contributed by atoms with E-state index in [9.17, 15) is 13.6 Å². The predicted molar refractivity (Wildman–Crippen MR) is 68.4 cm³/mol. The molecule has 0 fully saturated rings. The standard InChI is InChI=1S/C14H17F2NO2/c1-9-3-5-12-11(7-9)4-6-14(17(12)10(2)18)19-8-13(15)16/h3,5,7,13-14H,4,6,8H2,1-2H3. The molecule has 1 heterocycles. The number of carbonyl (C=O) groups excluding carboxylic acids is 1. The number of rotatable bonds is 3. The smallest absolute Gasteiger partial charge is 0.261 e. The van der Waals surface area contributed by atoms with E-state index in [-0.39, 0.29) is 5.91 Å². The van der Waals surface area contributed by atoms with Crippen LogP contribution in [0.2, 0.25) is 0 Å². The molecule has 1 aliphatic heterocycles. The zero-order valence-electron chi connectivity index (χ0n) is 11.0. The van der Waals surface area contributed by atoms with Crippen LogP contribution in [0.3, 0.4) is 0 Å². The molecule has 104 valence electrons. The molecule has 0 saturated heterocycles. The lowest BCUT2D eigenvalue weighted by Gasteiger charge is -2.36. The van der Waals surface area contributed by atoms with Crippen molar-refractivity contribution in [3.05, 3.63) is 29.3 Å². The van der Waals surface area contributed by atoms with E-state index in [1.807, 2.05) is 25.1 Å². The number of carbonyl (C=O) groups is 1. The van der Waals surface area contributed by atoms with Gasteiger partial charge in [-0.15, -0.1) is 0 Å². The van der Waals surface area contributed by atoms with Crippen LogP contribution in [0.4, 0.5) is 14.5 Å². The zero-order chi connectivity index (χ0) is 14.0. The molecule has 3 nitrogen and oxygen atoms in total. The van der Waals surface area contributed by atoms with Crippen molar-refractivity contribution >= 4 is 11.6 Å². The molecule has 2 rings (SSSR count).